The lowest BCUT2D eigenvalue weighted by molar-refractivity contribution is -0.128. The monoisotopic (exact) mass is 410 g/mol. The maximum atomic E-state index is 13.2. The Bertz CT molecular complexity index is 921. The molecule has 0 bridgehead atoms. The lowest BCUT2D eigenvalue weighted by Crippen LogP contribution is -2.62. The van der Waals surface area contributed by atoms with Crippen molar-refractivity contribution in [2.45, 2.75) is 24.8 Å². The Balaban J connectivity index is 1.58. The molecule has 2 aromatic rings. The van der Waals surface area contributed by atoms with Crippen molar-refractivity contribution in [3.63, 3.8) is 0 Å². The molecule has 1 fully saturated rings. The molecule has 1 atom stereocenters. The van der Waals surface area contributed by atoms with Crippen LogP contribution in [0.4, 0.5) is 0 Å². The molecule has 2 aliphatic rings. The fourth-order valence-electron chi connectivity index (χ4n) is 4.02. The molecule has 1 aromatic carbocycles. The first-order chi connectivity index (χ1) is 14.6. The molecule has 8 heteroatoms. The van der Waals surface area contributed by atoms with Gasteiger partial charge in [-0.2, -0.15) is 0 Å². The molecular weight excluding hydrogens is 384 g/mol. The molecule has 1 saturated heterocycles. The SMILES string of the molecule is COc1ccc2c(c1)C(=O)N(CC1(CCc3cccnc3)NCOCNC1=O)CC2. The van der Waals surface area contributed by atoms with Gasteiger partial charge in [0, 0.05) is 31.0 Å². The molecular formula is C22H26N4O4. The minimum Gasteiger partial charge on any atom is -0.497 e. The van der Waals surface area contributed by atoms with Crippen molar-refractivity contribution in [1.82, 2.24) is 20.5 Å². The van der Waals surface area contributed by atoms with Crippen molar-refractivity contribution in [3.8, 4) is 5.75 Å². The third-order valence-electron chi connectivity index (χ3n) is 5.79. The van der Waals surface area contributed by atoms with Gasteiger partial charge in [0.05, 0.1) is 13.8 Å². The zero-order chi connectivity index (χ0) is 21.0. The number of aromatic nitrogens is 1. The van der Waals surface area contributed by atoms with E-state index < -0.39 is 5.54 Å². The predicted molar refractivity (Wildman–Crippen MR) is 110 cm³/mol. The summed E-state index contributed by atoms with van der Waals surface area (Å²) in [5.41, 5.74) is 1.73. The minimum atomic E-state index is -0.946. The topological polar surface area (TPSA) is 92.8 Å². The molecule has 158 valence electrons. The van der Waals surface area contributed by atoms with E-state index in [4.69, 9.17) is 9.47 Å². The van der Waals surface area contributed by atoms with E-state index in [-0.39, 0.29) is 31.8 Å². The molecule has 0 radical (unpaired) electrons. The first kappa shape index (κ1) is 20.3. The summed E-state index contributed by atoms with van der Waals surface area (Å²) in [7, 11) is 1.58. The molecule has 1 aromatic heterocycles. The highest BCUT2D eigenvalue weighted by molar-refractivity contribution is 5.98. The minimum absolute atomic E-state index is 0.0873. The van der Waals surface area contributed by atoms with Crippen LogP contribution < -0.4 is 15.4 Å². The van der Waals surface area contributed by atoms with Gasteiger partial charge in [-0.1, -0.05) is 12.1 Å². The smallest absolute Gasteiger partial charge is 0.254 e. The Labute approximate surface area is 175 Å². The fraction of sp³-hybridized carbons (Fsp3) is 0.409. The van der Waals surface area contributed by atoms with Crippen LogP contribution in [-0.2, 0) is 22.4 Å². The number of ether oxygens (including phenoxy) is 2. The number of hydrogen-bond donors (Lipinski definition) is 2. The van der Waals surface area contributed by atoms with E-state index in [2.05, 4.69) is 15.6 Å². The molecule has 1 unspecified atom stereocenters. The molecule has 30 heavy (non-hydrogen) atoms. The lowest BCUT2D eigenvalue weighted by atomic mass is 9.88. The first-order valence-electron chi connectivity index (χ1n) is 10.1. The number of hydrogen-bond acceptors (Lipinski definition) is 6. The second-order valence-electron chi connectivity index (χ2n) is 7.62. The third-order valence-corrected chi connectivity index (χ3v) is 5.79. The normalized spacial score (nSPS) is 21.6. The summed E-state index contributed by atoms with van der Waals surface area (Å²) in [6.45, 7) is 1.20. The largest absolute Gasteiger partial charge is 0.497 e. The molecule has 2 amide bonds. The molecule has 8 nitrogen and oxygen atoms in total. The van der Waals surface area contributed by atoms with Crippen LogP contribution >= 0.6 is 0 Å². The molecule has 0 spiro atoms. The average molecular weight is 410 g/mol. The number of carbonyl (C=O) groups is 2. The number of methoxy groups -OCH3 is 1. The van der Waals surface area contributed by atoms with Gasteiger partial charge in [0.15, 0.2) is 0 Å². The molecule has 2 aliphatic heterocycles. The summed E-state index contributed by atoms with van der Waals surface area (Å²) in [6, 6.07) is 9.45. The van der Waals surface area contributed by atoms with Crippen LogP contribution in [0.2, 0.25) is 0 Å². The van der Waals surface area contributed by atoms with Crippen molar-refractivity contribution >= 4 is 11.8 Å². The molecule has 0 aliphatic carbocycles. The van der Waals surface area contributed by atoms with Crippen LogP contribution in [-0.4, -0.2) is 60.9 Å². The number of rotatable bonds is 6. The highest BCUT2D eigenvalue weighted by Crippen LogP contribution is 2.26. The van der Waals surface area contributed by atoms with Crippen LogP contribution in [0, 0.1) is 0 Å². The van der Waals surface area contributed by atoms with Crippen molar-refractivity contribution in [3.05, 3.63) is 59.4 Å². The van der Waals surface area contributed by atoms with Gasteiger partial charge < -0.3 is 19.7 Å². The molecule has 4 rings (SSSR count). The summed E-state index contributed by atoms with van der Waals surface area (Å²) < 4.78 is 10.7. The maximum Gasteiger partial charge on any atom is 0.254 e. The number of amides is 2. The van der Waals surface area contributed by atoms with Gasteiger partial charge in [-0.05, 0) is 48.6 Å². The van der Waals surface area contributed by atoms with Crippen LogP contribution in [0.25, 0.3) is 0 Å². The zero-order valence-electron chi connectivity index (χ0n) is 17.0. The maximum absolute atomic E-state index is 13.2. The van der Waals surface area contributed by atoms with E-state index in [1.54, 1.807) is 30.5 Å². The van der Waals surface area contributed by atoms with Crippen molar-refractivity contribution in [2.75, 3.05) is 33.7 Å². The predicted octanol–water partition coefficient (Wildman–Crippen LogP) is 1.11. The number of fused-ring (bicyclic) bond motifs is 1. The first-order valence-corrected chi connectivity index (χ1v) is 10.1. The Morgan fingerprint density at radius 3 is 2.97 bits per heavy atom. The summed E-state index contributed by atoms with van der Waals surface area (Å²) in [5, 5.41) is 6.07. The van der Waals surface area contributed by atoms with Gasteiger partial charge in [0.1, 0.15) is 18.0 Å². The zero-order valence-corrected chi connectivity index (χ0v) is 17.0. The van der Waals surface area contributed by atoms with Gasteiger partial charge >= 0.3 is 0 Å². The number of aryl methyl sites for hydroxylation is 1. The van der Waals surface area contributed by atoms with Gasteiger partial charge in [0.25, 0.3) is 5.91 Å². The Morgan fingerprint density at radius 1 is 1.27 bits per heavy atom. The van der Waals surface area contributed by atoms with Crippen LogP contribution in [0.3, 0.4) is 0 Å². The molecule has 0 saturated carbocycles. The van der Waals surface area contributed by atoms with Crippen LogP contribution in [0.15, 0.2) is 42.7 Å². The number of carbonyl (C=O) groups excluding carboxylic acids is 2. The number of benzene rings is 1. The van der Waals surface area contributed by atoms with E-state index >= 15 is 0 Å². The summed E-state index contributed by atoms with van der Waals surface area (Å²) >= 11 is 0. The van der Waals surface area contributed by atoms with Crippen molar-refractivity contribution in [1.29, 1.82) is 0 Å². The number of nitrogens with one attached hydrogen (secondary N) is 2. The summed E-state index contributed by atoms with van der Waals surface area (Å²) in [5.74, 6) is 0.401. The number of nitrogens with zero attached hydrogens (tertiary/aromatic N) is 2. The summed E-state index contributed by atoms with van der Waals surface area (Å²) in [6.07, 6.45) is 5.43. The standard InChI is InChI=1S/C22H26N4O4/c1-29-18-5-4-17-7-10-26(20(27)19(17)11-18)13-22(21(28)24-14-30-15-25-22)8-6-16-3-2-9-23-12-16/h2-5,9,11-12,25H,6-8,10,13-15H2,1H3,(H,24,28). The van der Waals surface area contributed by atoms with E-state index in [1.165, 1.54) is 0 Å². The van der Waals surface area contributed by atoms with E-state index in [1.807, 2.05) is 24.3 Å². The molecule has 3 heterocycles. The quantitative estimate of drug-likeness (QED) is 0.741. The van der Waals surface area contributed by atoms with Gasteiger partial charge in [-0.3, -0.25) is 19.9 Å². The highest BCUT2D eigenvalue weighted by Gasteiger charge is 2.42. The Kier molecular flexibility index (Phi) is 5.96. The van der Waals surface area contributed by atoms with Crippen LogP contribution in [0.5, 0.6) is 5.75 Å². The van der Waals surface area contributed by atoms with Crippen molar-refractivity contribution < 1.29 is 19.1 Å². The van der Waals surface area contributed by atoms with Crippen LogP contribution in [0.1, 0.15) is 27.9 Å². The molecule has 2 N–H and O–H groups in total. The summed E-state index contributed by atoms with van der Waals surface area (Å²) in [4.78, 5) is 32.2. The third kappa shape index (κ3) is 4.15. The Morgan fingerprint density at radius 2 is 2.17 bits per heavy atom. The van der Waals surface area contributed by atoms with Gasteiger partial charge in [-0.15, -0.1) is 0 Å². The van der Waals surface area contributed by atoms with Crippen molar-refractivity contribution in [2.24, 2.45) is 0 Å². The lowest BCUT2D eigenvalue weighted by Gasteiger charge is -2.38. The van der Waals surface area contributed by atoms with E-state index in [0.717, 1.165) is 17.5 Å². The van der Waals surface area contributed by atoms with Gasteiger partial charge in [0.2, 0.25) is 5.91 Å². The van der Waals surface area contributed by atoms with E-state index in [0.29, 0.717) is 30.7 Å². The highest BCUT2D eigenvalue weighted by atomic mass is 16.5. The second-order valence-corrected chi connectivity index (χ2v) is 7.62. The van der Waals surface area contributed by atoms with E-state index in [9.17, 15) is 9.59 Å². The fourth-order valence-corrected chi connectivity index (χ4v) is 4.02. The second kappa shape index (κ2) is 8.81. The Hall–Kier alpha value is -2.97. The van der Waals surface area contributed by atoms with Gasteiger partial charge in [-0.25, -0.2) is 0 Å². The average Bonchev–Trinajstić information content (AvgIpc) is 2.96. The number of pyridine rings is 1.